The van der Waals surface area contributed by atoms with Gasteiger partial charge in [0, 0.05) is 5.38 Å². The van der Waals surface area contributed by atoms with Crippen molar-refractivity contribution in [3.05, 3.63) is 40.9 Å². The van der Waals surface area contributed by atoms with Gasteiger partial charge in [-0.3, -0.25) is 4.79 Å². The zero-order chi connectivity index (χ0) is 13.1. The van der Waals surface area contributed by atoms with Crippen LogP contribution >= 0.6 is 11.3 Å². The second-order valence-corrected chi connectivity index (χ2v) is 4.27. The van der Waals surface area contributed by atoms with Crippen molar-refractivity contribution in [3.8, 4) is 0 Å². The minimum absolute atomic E-state index is 0.0223. The van der Waals surface area contributed by atoms with E-state index in [-0.39, 0.29) is 22.1 Å². The summed E-state index contributed by atoms with van der Waals surface area (Å²) in [5, 5.41) is 13.3. The van der Waals surface area contributed by atoms with Crippen LogP contribution in [-0.4, -0.2) is 22.0 Å². The normalized spacial score (nSPS) is 10.0. The Labute approximate surface area is 106 Å². The van der Waals surface area contributed by atoms with Crippen LogP contribution in [0.15, 0.2) is 29.6 Å². The van der Waals surface area contributed by atoms with Crippen molar-refractivity contribution in [2.24, 2.45) is 0 Å². The molecule has 1 aromatic carbocycles. The van der Waals surface area contributed by atoms with E-state index >= 15 is 0 Å². The zero-order valence-electron chi connectivity index (χ0n) is 9.08. The highest BCUT2D eigenvalue weighted by atomic mass is 32.1. The van der Waals surface area contributed by atoms with Crippen LogP contribution in [0.1, 0.15) is 20.8 Å². The number of carbonyl (C=O) groups is 2. The van der Waals surface area contributed by atoms with Crippen molar-refractivity contribution in [1.29, 1.82) is 0 Å². The van der Waals surface area contributed by atoms with Gasteiger partial charge in [0.25, 0.3) is 5.91 Å². The van der Waals surface area contributed by atoms with E-state index in [2.05, 4.69) is 10.3 Å². The smallest absolute Gasteiger partial charge is 0.337 e. The SMILES string of the molecule is Nc1nc(C(=O)Nc2ccccc2C(=O)O)cs1. The van der Waals surface area contributed by atoms with Crippen LogP contribution in [0.4, 0.5) is 10.8 Å². The first kappa shape index (κ1) is 12.1. The standard InChI is InChI=1S/C11H9N3O3S/c12-11-14-8(5-18-11)9(15)13-7-4-2-1-3-6(7)10(16)17/h1-5H,(H2,12,14)(H,13,15)(H,16,17). The topological polar surface area (TPSA) is 105 Å². The predicted octanol–water partition coefficient (Wildman–Crippen LogP) is 1.68. The van der Waals surface area contributed by atoms with Crippen molar-refractivity contribution >= 4 is 34.0 Å². The number of hydrogen-bond donors (Lipinski definition) is 3. The summed E-state index contributed by atoms with van der Waals surface area (Å²) < 4.78 is 0. The number of nitrogens with two attached hydrogens (primary N) is 1. The van der Waals surface area contributed by atoms with Gasteiger partial charge in [0.2, 0.25) is 0 Å². The number of aromatic nitrogens is 1. The Hall–Kier alpha value is -2.41. The Morgan fingerprint density at radius 1 is 1.33 bits per heavy atom. The number of benzene rings is 1. The molecule has 6 nitrogen and oxygen atoms in total. The molecule has 0 aliphatic rings. The monoisotopic (exact) mass is 263 g/mol. The number of carboxylic acids is 1. The van der Waals surface area contributed by atoms with E-state index in [1.807, 2.05) is 0 Å². The average molecular weight is 263 g/mol. The van der Waals surface area contributed by atoms with Gasteiger partial charge in [-0.2, -0.15) is 0 Å². The number of nitrogens with zero attached hydrogens (tertiary/aromatic N) is 1. The number of para-hydroxylation sites is 1. The Morgan fingerprint density at radius 3 is 2.67 bits per heavy atom. The maximum absolute atomic E-state index is 11.8. The van der Waals surface area contributed by atoms with E-state index in [4.69, 9.17) is 10.8 Å². The Kier molecular flexibility index (Phi) is 3.24. The summed E-state index contributed by atoms with van der Waals surface area (Å²) in [5.74, 6) is -1.60. The molecule has 1 amide bonds. The van der Waals surface area contributed by atoms with Crippen molar-refractivity contribution < 1.29 is 14.7 Å². The third-order valence-corrected chi connectivity index (χ3v) is 2.83. The molecular weight excluding hydrogens is 254 g/mol. The minimum atomic E-state index is -1.11. The van der Waals surface area contributed by atoms with Crippen molar-refractivity contribution in [2.45, 2.75) is 0 Å². The Morgan fingerprint density at radius 2 is 2.06 bits per heavy atom. The fourth-order valence-electron chi connectivity index (χ4n) is 1.36. The van der Waals surface area contributed by atoms with Gasteiger partial charge in [-0.05, 0) is 12.1 Å². The Balaban J connectivity index is 2.24. The largest absolute Gasteiger partial charge is 0.478 e. The highest BCUT2D eigenvalue weighted by molar-refractivity contribution is 7.13. The molecular formula is C11H9N3O3S. The summed E-state index contributed by atoms with van der Waals surface area (Å²) in [7, 11) is 0. The molecule has 18 heavy (non-hydrogen) atoms. The van der Waals surface area contributed by atoms with Gasteiger partial charge in [-0.25, -0.2) is 9.78 Å². The number of nitrogens with one attached hydrogen (secondary N) is 1. The van der Waals surface area contributed by atoms with Crippen molar-refractivity contribution in [3.63, 3.8) is 0 Å². The number of hydrogen-bond acceptors (Lipinski definition) is 5. The third-order valence-electron chi connectivity index (χ3n) is 2.16. The van der Waals surface area contributed by atoms with Crippen molar-refractivity contribution in [2.75, 3.05) is 11.1 Å². The van der Waals surface area contributed by atoms with Crippen LogP contribution in [0, 0.1) is 0 Å². The van der Waals surface area contributed by atoms with Crippen molar-refractivity contribution in [1.82, 2.24) is 4.98 Å². The Bertz CT molecular complexity index is 609. The van der Waals surface area contributed by atoms with Crippen LogP contribution in [0.2, 0.25) is 0 Å². The second kappa shape index (κ2) is 4.84. The van der Waals surface area contributed by atoms with E-state index in [9.17, 15) is 9.59 Å². The minimum Gasteiger partial charge on any atom is -0.478 e. The predicted molar refractivity (Wildman–Crippen MR) is 67.9 cm³/mol. The summed E-state index contributed by atoms with van der Waals surface area (Å²) in [6.07, 6.45) is 0. The highest BCUT2D eigenvalue weighted by Crippen LogP contribution is 2.17. The summed E-state index contributed by atoms with van der Waals surface area (Å²) in [5.41, 5.74) is 5.83. The lowest BCUT2D eigenvalue weighted by Crippen LogP contribution is -2.15. The van der Waals surface area contributed by atoms with Crippen LogP contribution in [-0.2, 0) is 0 Å². The molecule has 0 unspecified atom stereocenters. The van der Waals surface area contributed by atoms with Crippen LogP contribution in [0.5, 0.6) is 0 Å². The van der Waals surface area contributed by atoms with Gasteiger partial charge in [-0.1, -0.05) is 12.1 Å². The number of aromatic carboxylic acids is 1. The molecule has 0 spiro atoms. The molecule has 0 fully saturated rings. The molecule has 0 saturated heterocycles. The van der Waals surface area contributed by atoms with Crippen LogP contribution in [0.25, 0.3) is 0 Å². The number of thiazole rings is 1. The molecule has 0 aliphatic heterocycles. The summed E-state index contributed by atoms with van der Waals surface area (Å²) in [4.78, 5) is 26.6. The first-order valence-corrected chi connectivity index (χ1v) is 5.80. The third kappa shape index (κ3) is 2.46. The fourth-order valence-corrected chi connectivity index (χ4v) is 1.90. The number of amides is 1. The number of anilines is 2. The number of carbonyl (C=O) groups excluding carboxylic acids is 1. The molecule has 0 saturated carbocycles. The molecule has 0 aliphatic carbocycles. The highest BCUT2D eigenvalue weighted by Gasteiger charge is 2.14. The molecule has 2 aromatic rings. The average Bonchev–Trinajstić information content (AvgIpc) is 2.76. The molecule has 0 bridgehead atoms. The molecule has 0 atom stereocenters. The van der Waals surface area contributed by atoms with E-state index in [0.717, 1.165) is 11.3 Å². The van der Waals surface area contributed by atoms with Gasteiger partial charge in [-0.15, -0.1) is 11.3 Å². The fraction of sp³-hybridized carbons (Fsp3) is 0. The van der Waals surface area contributed by atoms with Gasteiger partial charge in [0.15, 0.2) is 5.13 Å². The number of carboxylic acid groups (broad SMARTS) is 1. The molecule has 4 N–H and O–H groups in total. The lowest BCUT2D eigenvalue weighted by molar-refractivity contribution is 0.0698. The van der Waals surface area contributed by atoms with E-state index < -0.39 is 11.9 Å². The van der Waals surface area contributed by atoms with Gasteiger partial charge >= 0.3 is 5.97 Å². The second-order valence-electron chi connectivity index (χ2n) is 3.38. The lowest BCUT2D eigenvalue weighted by Gasteiger charge is -2.06. The quantitative estimate of drug-likeness (QED) is 0.781. The van der Waals surface area contributed by atoms with Crippen LogP contribution < -0.4 is 11.1 Å². The first-order chi connectivity index (χ1) is 8.58. The number of rotatable bonds is 3. The zero-order valence-corrected chi connectivity index (χ0v) is 9.90. The molecule has 1 heterocycles. The maximum atomic E-state index is 11.8. The molecule has 92 valence electrons. The maximum Gasteiger partial charge on any atom is 0.337 e. The summed E-state index contributed by atoms with van der Waals surface area (Å²) in [6.45, 7) is 0. The van der Waals surface area contributed by atoms with Gasteiger partial charge < -0.3 is 16.2 Å². The van der Waals surface area contributed by atoms with Crippen LogP contribution in [0.3, 0.4) is 0 Å². The van der Waals surface area contributed by atoms with Gasteiger partial charge in [0.05, 0.1) is 11.3 Å². The summed E-state index contributed by atoms with van der Waals surface area (Å²) >= 11 is 1.14. The van der Waals surface area contributed by atoms with E-state index in [0.29, 0.717) is 0 Å². The molecule has 2 rings (SSSR count). The summed E-state index contributed by atoms with van der Waals surface area (Å²) in [6, 6.07) is 6.14. The first-order valence-electron chi connectivity index (χ1n) is 4.92. The van der Waals surface area contributed by atoms with Gasteiger partial charge in [0.1, 0.15) is 5.69 Å². The van der Waals surface area contributed by atoms with E-state index in [1.165, 1.54) is 17.5 Å². The molecule has 0 radical (unpaired) electrons. The lowest BCUT2D eigenvalue weighted by atomic mass is 10.2. The molecule has 7 heteroatoms. The van der Waals surface area contributed by atoms with E-state index in [1.54, 1.807) is 12.1 Å². The number of nitrogen functional groups attached to an aromatic ring is 1. The molecule has 1 aromatic heterocycles.